The monoisotopic (exact) mass is 157 g/mol. The summed E-state index contributed by atoms with van der Waals surface area (Å²) in [5, 5.41) is 3.21. The van der Waals surface area contributed by atoms with E-state index in [0.717, 1.165) is 18.9 Å². The van der Waals surface area contributed by atoms with Crippen LogP contribution in [0.4, 0.5) is 0 Å². The number of nitrogens with zero attached hydrogens (tertiary/aromatic N) is 2. The summed E-state index contributed by atoms with van der Waals surface area (Å²) in [5.41, 5.74) is 0. The van der Waals surface area contributed by atoms with Crippen molar-refractivity contribution in [2.45, 2.75) is 13.3 Å². The molecule has 11 heavy (non-hydrogen) atoms. The number of nitrogens with one attached hydrogen (secondary N) is 1. The molecule has 3 heteroatoms. The average Bonchev–Trinajstić information content (AvgIpc) is 1.97. The SMILES string of the molecule is CN=C(C)NCCCN(C)C. The lowest BCUT2D eigenvalue weighted by Gasteiger charge is -2.09. The zero-order valence-electron chi connectivity index (χ0n) is 8.02. The van der Waals surface area contributed by atoms with Crippen LogP contribution in [0, 0.1) is 0 Å². The van der Waals surface area contributed by atoms with Crippen molar-refractivity contribution in [3.8, 4) is 0 Å². The number of hydrogen-bond acceptors (Lipinski definition) is 2. The maximum atomic E-state index is 4.00. The average molecular weight is 157 g/mol. The minimum atomic E-state index is 1.02. The summed E-state index contributed by atoms with van der Waals surface area (Å²) in [6, 6.07) is 0. The Labute approximate surface area is 69.5 Å². The van der Waals surface area contributed by atoms with Crippen molar-refractivity contribution in [3.63, 3.8) is 0 Å². The first-order chi connectivity index (χ1) is 5.16. The van der Waals surface area contributed by atoms with Gasteiger partial charge < -0.3 is 10.2 Å². The second-order valence-corrected chi connectivity index (χ2v) is 2.89. The molecule has 0 radical (unpaired) electrons. The Morgan fingerprint density at radius 3 is 2.55 bits per heavy atom. The Bertz CT molecular complexity index is 119. The molecular formula is C8H19N3. The second kappa shape index (κ2) is 6.16. The maximum absolute atomic E-state index is 4.00. The van der Waals surface area contributed by atoms with E-state index in [1.807, 2.05) is 6.92 Å². The molecule has 0 aromatic heterocycles. The summed E-state index contributed by atoms with van der Waals surface area (Å²) in [4.78, 5) is 6.18. The van der Waals surface area contributed by atoms with Gasteiger partial charge in [0.2, 0.25) is 0 Å². The molecule has 0 amide bonds. The predicted molar refractivity (Wildman–Crippen MR) is 50.2 cm³/mol. The summed E-state index contributed by atoms with van der Waals surface area (Å²) in [7, 11) is 5.97. The Morgan fingerprint density at radius 1 is 1.45 bits per heavy atom. The molecule has 0 saturated carbocycles. The fourth-order valence-corrected chi connectivity index (χ4v) is 0.744. The molecule has 0 unspecified atom stereocenters. The molecule has 66 valence electrons. The van der Waals surface area contributed by atoms with Crippen LogP contribution in [0.1, 0.15) is 13.3 Å². The Balaban J connectivity index is 3.15. The molecule has 0 aliphatic rings. The van der Waals surface area contributed by atoms with Gasteiger partial charge in [-0.15, -0.1) is 0 Å². The van der Waals surface area contributed by atoms with E-state index in [1.54, 1.807) is 7.05 Å². The van der Waals surface area contributed by atoms with Crippen molar-refractivity contribution >= 4 is 5.84 Å². The highest BCUT2D eigenvalue weighted by molar-refractivity contribution is 5.79. The molecular weight excluding hydrogens is 138 g/mol. The van der Waals surface area contributed by atoms with Crippen molar-refractivity contribution in [2.75, 3.05) is 34.2 Å². The van der Waals surface area contributed by atoms with E-state index in [9.17, 15) is 0 Å². The van der Waals surface area contributed by atoms with Crippen LogP contribution in [0.5, 0.6) is 0 Å². The Morgan fingerprint density at radius 2 is 2.09 bits per heavy atom. The van der Waals surface area contributed by atoms with Crippen LogP contribution in [0.3, 0.4) is 0 Å². The van der Waals surface area contributed by atoms with Crippen LogP contribution in [-0.4, -0.2) is 45.0 Å². The van der Waals surface area contributed by atoms with Crippen LogP contribution in [-0.2, 0) is 0 Å². The van der Waals surface area contributed by atoms with Crippen LogP contribution in [0.2, 0.25) is 0 Å². The second-order valence-electron chi connectivity index (χ2n) is 2.89. The van der Waals surface area contributed by atoms with E-state index < -0.39 is 0 Å². The molecule has 0 spiro atoms. The van der Waals surface area contributed by atoms with Gasteiger partial charge in [0.1, 0.15) is 0 Å². The van der Waals surface area contributed by atoms with Gasteiger partial charge in [-0.25, -0.2) is 0 Å². The van der Waals surface area contributed by atoms with Crippen LogP contribution >= 0.6 is 0 Å². The van der Waals surface area contributed by atoms with Crippen LogP contribution < -0.4 is 5.32 Å². The minimum Gasteiger partial charge on any atom is -0.374 e. The van der Waals surface area contributed by atoms with Crippen molar-refractivity contribution in [1.29, 1.82) is 0 Å². The lowest BCUT2D eigenvalue weighted by molar-refractivity contribution is 0.400. The van der Waals surface area contributed by atoms with Crippen LogP contribution in [0.15, 0.2) is 4.99 Å². The first-order valence-corrected chi connectivity index (χ1v) is 3.99. The summed E-state index contributed by atoms with van der Waals surface area (Å²) < 4.78 is 0. The van der Waals surface area contributed by atoms with Gasteiger partial charge in [-0.05, 0) is 34.0 Å². The highest BCUT2D eigenvalue weighted by Crippen LogP contribution is 1.80. The number of rotatable bonds is 4. The first kappa shape index (κ1) is 10.4. The molecule has 0 saturated heterocycles. The van der Waals surface area contributed by atoms with Crippen molar-refractivity contribution in [2.24, 2.45) is 4.99 Å². The van der Waals surface area contributed by atoms with E-state index in [-0.39, 0.29) is 0 Å². The third-order valence-electron chi connectivity index (χ3n) is 1.50. The topological polar surface area (TPSA) is 27.6 Å². The zero-order chi connectivity index (χ0) is 8.69. The summed E-state index contributed by atoms with van der Waals surface area (Å²) in [6.45, 7) is 4.13. The highest BCUT2D eigenvalue weighted by Gasteiger charge is 1.90. The van der Waals surface area contributed by atoms with E-state index in [4.69, 9.17) is 0 Å². The fourth-order valence-electron chi connectivity index (χ4n) is 0.744. The molecule has 3 nitrogen and oxygen atoms in total. The molecule has 0 aliphatic heterocycles. The van der Waals surface area contributed by atoms with Gasteiger partial charge in [0.25, 0.3) is 0 Å². The molecule has 0 aliphatic carbocycles. The number of hydrogen-bond donors (Lipinski definition) is 1. The van der Waals surface area contributed by atoms with Gasteiger partial charge in [-0.1, -0.05) is 0 Å². The summed E-state index contributed by atoms with van der Waals surface area (Å²) in [6.07, 6.45) is 1.17. The lowest BCUT2D eigenvalue weighted by atomic mass is 10.4. The van der Waals surface area contributed by atoms with Gasteiger partial charge in [-0.3, -0.25) is 4.99 Å². The first-order valence-electron chi connectivity index (χ1n) is 3.99. The molecule has 0 heterocycles. The maximum Gasteiger partial charge on any atom is 0.0928 e. The fraction of sp³-hybridized carbons (Fsp3) is 0.875. The normalized spacial score (nSPS) is 12.3. The van der Waals surface area contributed by atoms with Gasteiger partial charge in [0, 0.05) is 13.6 Å². The third-order valence-corrected chi connectivity index (χ3v) is 1.50. The van der Waals surface area contributed by atoms with Crippen LogP contribution in [0.25, 0.3) is 0 Å². The zero-order valence-corrected chi connectivity index (χ0v) is 8.02. The minimum absolute atomic E-state index is 1.02. The van der Waals surface area contributed by atoms with Gasteiger partial charge in [0.15, 0.2) is 0 Å². The number of amidine groups is 1. The molecule has 0 fully saturated rings. The van der Waals surface area contributed by atoms with Crippen molar-refractivity contribution in [3.05, 3.63) is 0 Å². The lowest BCUT2D eigenvalue weighted by Crippen LogP contribution is -2.24. The largest absolute Gasteiger partial charge is 0.374 e. The molecule has 0 atom stereocenters. The standard InChI is InChI=1S/C8H19N3/c1-8(9-2)10-6-5-7-11(3)4/h5-7H2,1-4H3,(H,9,10). The summed E-state index contributed by atoms with van der Waals surface area (Å²) in [5.74, 6) is 1.02. The smallest absolute Gasteiger partial charge is 0.0928 e. The van der Waals surface area contributed by atoms with Crippen molar-refractivity contribution < 1.29 is 0 Å². The Kier molecular flexibility index (Phi) is 5.84. The molecule has 0 aromatic rings. The summed E-state index contributed by atoms with van der Waals surface area (Å²) >= 11 is 0. The predicted octanol–water partition coefficient (Wildman–Crippen LogP) is 0.576. The molecule has 0 rings (SSSR count). The van der Waals surface area contributed by atoms with E-state index in [1.165, 1.54) is 6.42 Å². The van der Waals surface area contributed by atoms with Gasteiger partial charge in [-0.2, -0.15) is 0 Å². The number of aliphatic imine (C=N–C) groups is 1. The van der Waals surface area contributed by atoms with E-state index in [2.05, 4.69) is 29.3 Å². The van der Waals surface area contributed by atoms with Crippen molar-refractivity contribution in [1.82, 2.24) is 10.2 Å². The molecule has 0 bridgehead atoms. The third kappa shape index (κ3) is 7.33. The highest BCUT2D eigenvalue weighted by atomic mass is 15.1. The molecule has 1 N–H and O–H groups in total. The Hall–Kier alpha value is -0.570. The van der Waals surface area contributed by atoms with E-state index >= 15 is 0 Å². The molecule has 0 aromatic carbocycles. The quantitative estimate of drug-likeness (QED) is 0.367. The van der Waals surface area contributed by atoms with Gasteiger partial charge in [0.05, 0.1) is 5.84 Å². The van der Waals surface area contributed by atoms with E-state index in [0.29, 0.717) is 0 Å². The van der Waals surface area contributed by atoms with Gasteiger partial charge >= 0.3 is 0 Å².